The Morgan fingerprint density at radius 3 is 2.56 bits per heavy atom. The topological polar surface area (TPSA) is 173 Å². The quantitative estimate of drug-likeness (QED) is 0.204. The first-order valence-electron chi connectivity index (χ1n) is 18.8. The molecular weight excluding hydrogens is 801 g/mol. The van der Waals surface area contributed by atoms with E-state index in [1.165, 1.54) is 4.90 Å². The average Bonchev–Trinajstić information content (AvgIpc) is 4.06. The van der Waals surface area contributed by atoms with Crippen molar-refractivity contribution in [1.29, 1.82) is 0 Å². The van der Waals surface area contributed by atoms with Crippen molar-refractivity contribution < 1.29 is 37.1 Å². The molecule has 2 aromatic rings. The highest BCUT2D eigenvalue weighted by molar-refractivity contribution is 14.1. The monoisotopic (exact) mass is 849 g/mol. The highest BCUT2D eigenvalue weighted by Crippen LogP contribution is 2.47. The lowest BCUT2D eigenvalue weighted by molar-refractivity contribution is -0.142. The Bertz CT molecular complexity index is 1820. The van der Waals surface area contributed by atoms with Gasteiger partial charge in [-0.1, -0.05) is 67.3 Å². The van der Waals surface area contributed by atoms with E-state index in [2.05, 4.69) is 55.1 Å². The Morgan fingerprint density at radius 2 is 1.83 bits per heavy atom. The maximum atomic E-state index is 14.8. The lowest BCUT2D eigenvalue weighted by Crippen LogP contribution is -2.60. The Kier molecular flexibility index (Phi) is 10.9. The fourth-order valence-corrected chi connectivity index (χ4v) is 10.7. The first kappa shape index (κ1) is 37.1. The van der Waals surface area contributed by atoms with E-state index in [0.29, 0.717) is 31.6 Å². The van der Waals surface area contributed by atoms with Crippen LogP contribution in [0.1, 0.15) is 96.0 Å². The van der Waals surface area contributed by atoms with Gasteiger partial charge in [0.25, 0.3) is 5.91 Å². The molecule has 1 unspecified atom stereocenters. The summed E-state index contributed by atoms with van der Waals surface area (Å²) in [6, 6.07) is 6.11. The molecule has 3 N–H and O–H groups in total. The molecule has 15 heteroatoms. The van der Waals surface area contributed by atoms with Crippen LogP contribution in [0, 0.1) is 11.8 Å². The van der Waals surface area contributed by atoms with E-state index >= 15 is 0 Å². The number of ether oxygens (including phenoxy) is 2. The van der Waals surface area contributed by atoms with Crippen LogP contribution < -0.4 is 20.1 Å². The number of aryl methyl sites for hydroxylation is 1. The van der Waals surface area contributed by atoms with Gasteiger partial charge in [0.15, 0.2) is 0 Å². The van der Waals surface area contributed by atoms with Crippen LogP contribution in [0.4, 0.5) is 4.79 Å². The molecular formula is C37H48IN5O8S. The zero-order chi connectivity index (χ0) is 36.6. The molecule has 5 aliphatic rings. The highest BCUT2D eigenvalue weighted by atomic mass is 127. The molecule has 6 atom stereocenters. The van der Waals surface area contributed by atoms with Crippen LogP contribution in [0.3, 0.4) is 0 Å². The molecule has 1 aromatic carbocycles. The van der Waals surface area contributed by atoms with Gasteiger partial charge >= 0.3 is 6.09 Å². The number of benzene rings is 1. The summed E-state index contributed by atoms with van der Waals surface area (Å²) in [7, 11) is -3.85. The minimum atomic E-state index is -3.85. The van der Waals surface area contributed by atoms with E-state index < -0.39 is 66.9 Å². The van der Waals surface area contributed by atoms with Gasteiger partial charge in [0.05, 0.1) is 11.9 Å². The second-order valence-corrected chi connectivity index (χ2v) is 18.3. The number of rotatable bonds is 7. The van der Waals surface area contributed by atoms with Gasteiger partial charge < -0.3 is 25.0 Å². The lowest BCUT2D eigenvalue weighted by Gasteiger charge is -2.36. The molecule has 4 amide bonds. The van der Waals surface area contributed by atoms with Gasteiger partial charge in [0.1, 0.15) is 27.8 Å². The Morgan fingerprint density at radius 1 is 1.06 bits per heavy atom. The molecule has 3 heterocycles. The summed E-state index contributed by atoms with van der Waals surface area (Å²) in [6.45, 7) is 2.11. The lowest BCUT2D eigenvalue weighted by atomic mass is 9.83. The van der Waals surface area contributed by atoms with Crippen LogP contribution in [0.2, 0.25) is 0 Å². The van der Waals surface area contributed by atoms with Crippen LogP contribution in [0.5, 0.6) is 5.88 Å². The Labute approximate surface area is 318 Å². The third-order valence-electron chi connectivity index (χ3n) is 11.5. The van der Waals surface area contributed by atoms with Crippen molar-refractivity contribution in [3.63, 3.8) is 0 Å². The van der Waals surface area contributed by atoms with E-state index in [1.807, 2.05) is 19.1 Å². The number of carbonyl (C=O) groups is 4. The van der Waals surface area contributed by atoms with E-state index in [0.717, 1.165) is 67.7 Å². The predicted octanol–water partition coefficient (Wildman–Crippen LogP) is 4.64. The maximum absolute atomic E-state index is 14.8. The second-order valence-electron chi connectivity index (χ2n) is 15.1. The average molecular weight is 850 g/mol. The van der Waals surface area contributed by atoms with Crippen LogP contribution in [0.15, 0.2) is 30.5 Å². The number of nitrogens with one attached hydrogen (secondary N) is 3. The summed E-state index contributed by atoms with van der Waals surface area (Å²) in [5.41, 5.74) is -0.290. The summed E-state index contributed by atoms with van der Waals surface area (Å²) < 4.78 is 39.3. The molecule has 1 aromatic heterocycles. The number of nitrogens with zero attached hydrogens (tertiary/aromatic N) is 2. The summed E-state index contributed by atoms with van der Waals surface area (Å²) in [4.78, 5) is 62.2. The van der Waals surface area contributed by atoms with Crippen molar-refractivity contribution >= 4 is 67.2 Å². The van der Waals surface area contributed by atoms with Gasteiger partial charge in [-0.25, -0.2) is 18.2 Å². The number of cyclic esters (lactones) is 1. The SMILES string of the molecule is CC[C@@H]1C[C@]1(NC(=O)[C@@H]1C[C@H]2Oc3nccc4ccc(cc34)CCCCCOC(=O)N[C@@H](C3CCCCC3)C(=O)N1C2I)C(=O)NS(=O)(=O)C1CC1. The minimum absolute atomic E-state index is 0.0969. The van der Waals surface area contributed by atoms with Crippen LogP contribution >= 0.6 is 22.6 Å². The summed E-state index contributed by atoms with van der Waals surface area (Å²) in [6.07, 6.45) is 9.92. The first-order valence-corrected chi connectivity index (χ1v) is 21.6. The van der Waals surface area contributed by atoms with Crippen LogP contribution in [-0.4, -0.2) is 81.7 Å². The predicted molar refractivity (Wildman–Crippen MR) is 201 cm³/mol. The number of amides is 4. The van der Waals surface area contributed by atoms with E-state index in [9.17, 15) is 27.6 Å². The molecule has 0 radical (unpaired) electrons. The van der Waals surface area contributed by atoms with Crippen LogP contribution in [-0.2, 0) is 35.6 Å². The zero-order valence-corrected chi connectivity index (χ0v) is 32.5. The molecule has 3 saturated carbocycles. The third kappa shape index (κ3) is 7.71. The summed E-state index contributed by atoms with van der Waals surface area (Å²) >= 11 is 2.13. The normalized spacial score (nSPS) is 30.4. The molecule has 13 nitrogen and oxygen atoms in total. The third-order valence-corrected chi connectivity index (χ3v) is 14.8. The van der Waals surface area contributed by atoms with Crippen molar-refractivity contribution in [3.8, 4) is 5.88 Å². The number of fused-ring (bicyclic) bond motifs is 3. The van der Waals surface area contributed by atoms with Gasteiger partial charge in [-0.05, 0) is 92.7 Å². The molecule has 1 saturated heterocycles. The van der Waals surface area contributed by atoms with E-state index in [4.69, 9.17) is 9.47 Å². The van der Waals surface area contributed by atoms with Crippen molar-refractivity contribution in [2.45, 2.75) is 130 Å². The summed E-state index contributed by atoms with van der Waals surface area (Å²) in [5, 5.41) is 7.00. The zero-order valence-electron chi connectivity index (χ0n) is 29.5. The van der Waals surface area contributed by atoms with E-state index in [1.54, 1.807) is 6.20 Å². The van der Waals surface area contributed by atoms with Crippen LogP contribution in [0.25, 0.3) is 10.8 Å². The summed E-state index contributed by atoms with van der Waals surface area (Å²) in [5.74, 6) is -1.74. The van der Waals surface area contributed by atoms with Gasteiger partial charge in [-0.2, -0.15) is 0 Å². The molecule has 4 bridgehead atoms. The smallest absolute Gasteiger partial charge is 0.407 e. The van der Waals surface area contributed by atoms with Crippen molar-refractivity contribution in [1.82, 2.24) is 25.2 Å². The molecule has 7 rings (SSSR count). The number of alkyl carbamates (subject to hydrolysis) is 1. The number of aromatic nitrogens is 1. The Hall–Kier alpha value is -3.21. The van der Waals surface area contributed by atoms with Crippen molar-refractivity contribution in [3.05, 3.63) is 36.0 Å². The van der Waals surface area contributed by atoms with Crippen molar-refractivity contribution in [2.75, 3.05) is 6.61 Å². The molecule has 3 aliphatic carbocycles. The molecule has 2 aliphatic heterocycles. The number of carbonyl (C=O) groups excluding carboxylic acids is 4. The number of sulfonamides is 1. The maximum Gasteiger partial charge on any atom is 0.407 e. The number of halogens is 1. The Balaban J connectivity index is 1.23. The van der Waals surface area contributed by atoms with Gasteiger partial charge in [0.2, 0.25) is 27.7 Å². The molecule has 52 heavy (non-hydrogen) atoms. The highest BCUT2D eigenvalue weighted by Gasteiger charge is 2.62. The number of hydrogen-bond donors (Lipinski definition) is 3. The van der Waals surface area contributed by atoms with Crippen molar-refractivity contribution in [2.24, 2.45) is 11.8 Å². The minimum Gasteiger partial charge on any atom is -0.471 e. The number of alkyl halides is 1. The molecule has 4 fully saturated rings. The standard InChI is InChI=1S/C37H48IN5O8S/c1-2-25-21-37(25,35(46)42-52(48,49)26-14-15-26)41-32(44)28-20-29-31(38)43(28)34(45)30(24-10-6-3-7-11-24)40-36(47)50-18-8-4-5-9-22-12-13-23-16-17-39-33(51-29)27(23)19-22/h12-13,16-17,19,24-26,28-31H,2-11,14-15,18,20-21H2,1H3,(H,40,47)(H,41,44)(H,42,46)/t25-,28+,29-,30+,31?,37-/m1/s1. The largest absolute Gasteiger partial charge is 0.471 e. The van der Waals surface area contributed by atoms with Gasteiger partial charge in [0, 0.05) is 18.0 Å². The molecule has 282 valence electrons. The second kappa shape index (κ2) is 15.3. The first-order chi connectivity index (χ1) is 25.0. The van der Waals surface area contributed by atoms with Gasteiger partial charge in [-0.3, -0.25) is 19.1 Å². The number of pyridine rings is 1. The van der Waals surface area contributed by atoms with E-state index in [-0.39, 0.29) is 31.3 Å². The van der Waals surface area contributed by atoms with Gasteiger partial charge in [-0.15, -0.1) is 0 Å². The fraction of sp³-hybridized carbons (Fsp3) is 0.649. The molecule has 0 spiro atoms. The fourth-order valence-electron chi connectivity index (χ4n) is 8.24. The number of hydrogen-bond acceptors (Lipinski definition) is 9.